The summed E-state index contributed by atoms with van der Waals surface area (Å²) >= 11 is 0. The van der Waals surface area contributed by atoms with Crippen LogP contribution in [0.4, 0.5) is 0 Å². The van der Waals surface area contributed by atoms with Gasteiger partial charge in [0.2, 0.25) is 0 Å². The average Bonchev–Trinajstić information content (AvgIpc) is 2.58. The van der Waals surface area contributed by atoms with Crippen LogP contribution in [0.2, 0.25) is 18.1 Å². The van der Waals surface area contributed by atoms with Crippen molar-refractivity contribution in [1.29, 1.82) is 0 Å². The fraction of sp³-hybridized carbons (Fsp3) is 0.952. The van der Waals surface area contributed by atoms with E-state index in [0.29, 0.717) is 0 Å². The number of aliphatic hydroxyl groups is 1. The molecule has 0 bridgehead atoms. The van der Waals surface area contributed by atoms with E-state index in [1.807, 2.05) is 6.92 Å². The Hall–Kier alpha value is -0.193. The number of ketones is 1. The highest BCUT2D eigenvalue weighted by atomic mass is 28.4. The van der Waals surface area contributed by atoms with Crippen LogP contribution in [-0.2, 0) is 9.22 Å². The molecule has 0 aromatic carbocycles. The lowest BCUT2D eigenvalue weighted by atomic mass is 9.53. The second-order valence-corrected chi connectivity index (χ2v) is 14.0. The minimum atomic E-state index is -1.77. The summed E-state index contributed by atoms with van der Waals surface area (Å²) in [5.41, 5.74) is -1.18. The predicted molar refractivity (Wildman–Crippen MR) is 106 cm³/mol. The van der Waals surface area contributed by atoms with E-state index in [4.69, 9.17) is 4.43 Å². The third-order valence-electron chi connectivity index (χ3n) is 7.78. The first-order valence-electron chi connectivity index (χ1n) is 10.5. The second-order valence-electron chi connectivity index (χ2n) is 9.35. The zero-order chi connectivity index (χ0) is 19.0. The zero-order valence-corrected chi connectivity index (χ0v) is 18.5. The molecule has 2 saturated carbocycles. The third-order valence-corrected chi connectivity index (χ3v) is 12.6. The van der Waals surface area contributed by atoms with Crippen molar-refractivity contribution in [3.63, 3.8) is 0 Å². The van der Waals surface area contributed by atoms with Crippen LogP contribution in [0.1, 0.15) is 74.1 Å². The van der Waals surface area contributed by atoms with Gasteiger partial charge in [0.05, 0.1) is 17.1 Å². The van der Waals surface area contributed by atoms with Gasteiger partial charge in [0, 0.05) is 5.92 Å². The van der Waals surface area contributed by atoms with Crippen molar-refractivity contribution in [2.24, 2.45) is 23.7 Å². The van der Waals surface area contributed by atoms with Gasteiger partial charge in [-0.1, -0.05) is 34.6 Å². The SMILES string of the molecule is CC[Si](CC)(CC)OC(C)(C)[C@@H]1CC[C@H](C)[C@@]2(O)CC[C@H](C)C(=O)[C@@H]12. The van der Waals surface area contributed by atoms with Crippen LogP contribution in [0.5, 0.6) is 0 Å². The molecular weight excluding hydrogens is 328 g/mol. The van der Waals surface area contributed by atoms with Crippen molar-refractivity contribution in [3.05, 3.63) is 0 Å². The van der Waals surface area contributed by atoms with E-state index in [0.717, 1.165) is 43.8 Å². The third kappa shape index (κ3) is 3.64. The van der Waals surface area contributed by atoms with Crippen molar-refractivity contribution in [2.45, 2.75) is 103 Å². The smallest absolute Gasteiger partial charge is 0.192 e. The van der Waals surface area contributed by atoms with E-state index in [1.165, 1.54) is 0 Å². The monoisotopic (exact) mass is 368 g/mol. The van der Waals surface area contributed by atoms with E-state index >= 15 is 0 Å². The Kier molecular flexibility index (Phi) is 6.28. The number of rotatable bonds is 6. The Balaban J connectivity index is 2.37. The van der Waals surface area contributed by atoms with Crippen LogP contribution in [-0.4, -0.2) is 30.4 Å². The molecule has 25 heavy (non-hydrogen) atoms. The molecule has 0 aromatic rings. The van der Waals surface area contributed by atoms with Crippen molar-refractivity contribution < 1.29 is 14.3 Å². The summed E-state index contributed by atoms with van der Waals surface area (Å²) in [6, 6.07) is 3.35. The molecule has 3 nitrogen and oxygen atoms in total. The average molecular weight is 369 g/mol. The molecule has 0 aromatic heterocycles. The molecule has 5 atom stereocenters. The maximum Gasteiger partial charge on any atom is 0.192 e. The van der Waals surface area contributed by atoms with Crippen molar-refractivity contribution >= 4 is 14.1 Å². The van der Waals surface area contributed by atoms with Crippen molar-refractivity contribution in [3.8, 4) is 0 Å². The molecule has 2 rings (SSSR count). The van der Waals surface area contributed by atoms with Crippen molar-refractivity contribution in [1.82, 2.24) is 0 Å². The minimum absolute atomic E-state index is 0.0689. The van der Waals surface area contributed by atoms with Crippen LogP contribution in [0, 0.1) is 23.7 Å². The van der Waals surface area contributed by atoms with Gasteiger partial charge in [0.25, 0.3) is 0 Å². The first kappa shape index (κ1) is 21.1. The molecule has 0 unspecified atom stereocenters. The van der Waals surface area contributed by atoms with E-state index in [2.05, 4.69) is 41.5 Å². The Morgan fingerprint density at radius 2 is 1.68 bits per heavy atom. The molecule has 4 heteroatoms. The molecular formula is C21H40O3Si. The molecule has 0 spiro atoms. The lowest BCUT2D eigenvalue weighted by molar-refractivity contribution is -0.182. The van der Waals surface area contributed by atoms with Gasteiger partial charge >= 0.3 is 0 Å². The number of hydrogen-bond acceptors (Lipinski definition) is 3. The van der Waals surface area contributed by atoms with Gasteiger partial charge < -0.3 is 9.53 Å². The van der Waals surface area contributed by atoms with Crippen LogP contribution >= 0.6 is 0 Å². The molecule has 2 aliphatic rings. The second kappa shape index (κ2) is 7.44. The van der Waals surface area contributed by atoms with Gasteiger partial charge in [-0.15, -0.1) is 0 Å². The fourth-order valence-electron chi connectivity index (χ4n) is 5.59. The van der Waals surface area contributed by atoms with Gasteiger partial charge in [-0.3, -0.25) is 4.79 Å². The molecule has 0 amide bonds. The Bertz CT molecular complexity index is 477. The van der Waals surface area contributed by atoms with Crippen LogP contribution < -0.4 is 0 Å². The number of hydrogen-bond donors (Lipinski definition) is 1. The van der Waals surface area contributed by atoms with E-state index in [1.54, 1.807) is 0 Å². The number of carbonyl (C=O) groups is 1. The van der Waals surface area contributed by atoms with Gasteiger partial charge in [-0.2, -0.15) is 0 Å². The van der Waals surface area contributed by atoms with Gasteiger partial charge in [-0.05, 0) is 69.5 Å². The van der Waals surface area contributed by atoms with Gasteiger partial charge in [-0.25, -0.2) is 0 Å². The van der Waals surface area contributed by atoms with Crippen LogP contribution in [0.25, 0.3) is 0 Å². The molecule has 1 N–H and O–H groups in total. The fourth-order valence-corrected chi connectivity index (χ4v) is 8.79. The molecule has 0 aliphatic heterocycles. The van der Waals surface area contributed by atoms with E-state index in [-0.39, 0.29) is 35.1 Å². The summed E-state index contributed by atoms with van der Waals surface area (Å²) in [6.07, 6.45) is 3.56. The number of carbonyl (C=O) groups excluding carboxylic acids is 1. The summed E-state index contributed by atoms with van der Waals surface area (Å²) in [5, 5.41) is 11.5. The largest absolute Gasteiger partial charge is 0.412 e. The summed E-state index contributed by atoms with van der Waals surface area (Å²) in [4.78, 5) is 13.1. The first-order valence-corrected chi connectivity index (χ1v) is 13.1. The molecule has 0 radical (unpaired) electrons. The standard InChI is InChI=1S/C21H40O3Si/c1-8-25(9-2,10-3)24-20(6,7)17-12-11-16(5)21(23)14-13-15(4)19(22)18(17)21/h15-18,23H,8-14H2,1-7H3/t15-,16-,17+,18+,21-/m0/s1. The molecule has 0 saturated heterocycles. The molecule has 2 fully saturated rings. The highest BCUT2D eigenvalue weighted by Crippen LogP contribution is 2.53. The quantitative estimate of drug-likeness (QED) is 0.657. The normalized spacial score (nSPS) is 37.0. The summed E-state index contributed by atoms with van der Waals surface area (Å²) in [7, 11) is -1.77. The lowest BCUT2D eigenvalue weighted by Crippen LogP contribution is -2.63. The Morgan fingerprint density at radius 3 is 2.20 bits per heavy atom. The maximum absolute atomic E-state index is 13.1. The van der Waals surface area contributed by atoms with Crippen LogP contribution in [0.3, 0.4) is 0 Å². The molecule has 146 valence electrons. The Labute approximate surface area is 156 Å². The zero-order valence-electron chi connectivity index (χ0n) is 17.5. The highest BCUT2D eigenvalue weighted by Gasteiger charge is 2.59. The summed E-state index contributed by atoms with van der Waals surface area (Å²) in [5.74, 6) is 0.414. The first-order chi connectivity index (χ1) is 11.6. The van der Waals surface area contributed by atoms with E-state index < -0.39 is 13.9 Å². The summed E-state index contributed by atoms with van der Waals surface area (Å²) < 4.78 is 6.90. The maximum atomic E-state index is 13.1. The minimum Gasteiger partial charge on any atom is -0.412 e. The van der Waals surface area contributed by atoms with Crippen LogP contribution in [0.15, 0.2) is 0 Å². The van der Waals surface area contributed by atoms with Gasteiger partial charge in [0.1, 0.15) is 5.78 Å². The summed E-state index contributed by atoms with van der Waals surface area (Å²) in [6.45, 7) is 15.3. The van der Waals surface area contributed by atoms with Gasteiger partial charge in [0.15, 0.2) is 8.32 Å². The molecule has 0 heterocycles. The topological polar surface area (TPSA) is 46.5 Å². The number of Topliss-reactive ketones (excluding diaryl/α,β-unsaturated/α-hetero) is 1. The molecule has 2 aliphatic carbocycles. The lowest BCUT2D eigenvalue weighted by Gasteiger charge is -2.56. The Morgan fingerprint density at radius 1 is 1.12 bits per heavy atom. The highest BCUT2D eigenvalue weighted by molar-refractivity contribution is 6.73. The van der Waals surface area contributed by atoms with Crippen molar-refractivity contribution in [2.75, 3.05) is 0 Å². The number of fused-ring (bicyclic) bond motifs is 1. The predicted octanol–water partition coefficient (Wildman–Crippen LogP) is 5.18. The van der Waals surface area contributed by atoms with E-state index in [9.17, 15) is 9.90 Å².